The van der Waals surface area contributed by atoms with E-state index in [1.807, 2.05) is 6.92 Å². The maximum atomic E-state index is 9.85. The van der Waals surface area contributed by atoms with Crippen molar-refractivity contribution in [3.63, 3.8) is 0 Å². The molecule has 3 atom stereocenters. The Labute approximate surface area is 61.4 Å². The molecule has 2 rings (SSSR count). The van der Waals surface area contributed by atoms with E-state index in [4.69, 9.17) is 5.73 Å². The zero-order valence-electron chi connectivity index (χ0n) is 6.43. The molecule has 3 N–H and O–H groups in total. The SMILES string of the molecule is C[C@@]1(N)[C@H]2CCCC[C@@]21O. The van der Waals surface area contributed by atoms with E-state index in [2.05, 4.69) is 0 Å². The van der Waals surface area contributed by atoms with Gasteiger partial charge in [-0.2, -0.15) is 0 Å². The van der Waals surface area contributed by atoms with Crippen LogP contribution in [0.25, 0.3) is 0 Å². The number of hydrogen-bond donors (Lipinski definition) is 2. The van der Waals surface area contributed by atoms with E-state index in [0.29, 0.717) is 5.92 Å². The lowest BCUT2D eigenvalue weighted by atomic mass is 9.98. The van der Waals surface area contributed by atoms with Gasteiger partial charge in [0.05, 0.1) is 5.60 Å². The first-order valence-corrected chi connectivity index (χ1v) is 4.10. The van der Waals surface area contributed by atoms with Gasteiger partial charge < -0.3 is 10.8 Å². The molecule has 0 unspecified atom stereocenters. The second kappa shape index (κ2) is 1.56. The number of aliphatic hydroxyl groups is 1. The van der Waals surface area contributed by atoms with Crippen molar-refractivity contribution in [1.29, 1.82) is 0 Å². The Kier molecular flexibility index (Phi) is 1.03. The molecule has 10 heavy (non-hydrogen) atoms. The lowest BCUT2D eigenvalue weighted by molar-refractivity contribution is 0.0881. The molecule has 0 spiro atoms. The van der Waals surface area contributed by atoms with Crippen molar-refractivity contribution in [1.82, 2.24) is 0 Å². The number of fused-ring (bicyclic) bond motifs is 1. The summed E-state index contributed by atoms with van der Waals surface area (Å²) < 4.78 is 0. The predicted octanol–water partition coefficient (Wildman–Crippen LogP) is 0.639. The molecule has 0 aromatic carbocycles. The lowest BCUT2D eigenvalue weighted by Gasteiger charge is -2.15. The summed E-state index contributed by atoms with van der Waals surface area (Å²) >= 11 is 0. The van der Waals surface area contributed by atoms with Crippen molar-refractivity contribution in [3.05, 3.63) is 0 Å². The maximum Gasteiger partial charge on any atom is 0.0873 e. The number of nitrogens with two attached hydrogens (primary N) is 1. The Morgan fingerprint density at radius 2 is 2.20 bits per heavy atom. The van der Waals surface area contributed by atoms with E-state index in [-0.39, 0.29) is 5.54 Å². The highest BCUT2D eigenvalue weighted by Gasteiger charge is 2.71. The summed E-state index contributed by atoms with van der Waals surface area (Å²) in [5.41, 5.74) is 5.16. The van der Waals surface area contributed by atoms with Crippen molar-refractivity contribution >= 4 is 0 Å². The fourth-order valence-corrected chi connectivity index (χ4v) is 2.52. The van der Waals surface area contributed by atoms with Crippen LogP contribution in [0.3, 0.4) is 0 Å². The van der Waals surface area contributed by atoms with Gasteiger partial charge >= 0.3 is 0 Å². The van der Waals surface area contributed by atoms with Gasteiger partial charge in [-0.05, 0) is 19.8 Å². The minimum Gasteiger partial charge on any atom is -0.388 e. The third-order valence-corrected chi connectivity index (χ3v) is 3.45. The first kappa shape index (κ1) is 6.62. The van der Waals surface area contributed by atoms with E-state index >= 15 is 0 Å². The summed E-state index contributed by atoms with van der Waals surface area (Å²) in [6.07, 6.45) is 4.45. The summed E-state index contributed by atoms with van der Waals surface area (Å²) in [4.78, 5) is 0. The normalized spacial score (nSPS) is 59.7. The third kappa shape index (κ3) is 0.523. The molecule has 0 aliphatic heterocycles. The molecule has 0 aromatic heterocycles. The zero-order chi connectivity index (χ0) is 7.41. The molecule has 0 heterocycles. The monoisotopic (exact) mass is 141 g/mol. The van der Waals surface area contributed by atoms with Crippen LogP contribution in [-0.2, 0) is 0 Å². The van der Waals surface area contributed by atoms with E-state index in [1.165, 1.54) is 6.42 Å². The van der Waals surface area contributed by atoms with Crippen molar-refractivity contribution in [2.75, 3.05) is 0 Å². The fourth-order valence-electron chi connectivity index (χ4n) is 2.52. The summed E-state index contributed by atoms with van der Waals surface area (Å²) in [5, 5.41) is 9.85. The minimum atomic E-state index is -0.481. The van der Waals surface area contributed by atoms with Crippen LogP contribution in [0.5, 0.6) is 0 Å². The van der Waals surface area contributed by atoms with Crippen LogP contribution in [0.15, 0.2) is 0 Å². The van der Waals surface area contributed by atoms with Crippen molar-refractivity contribution < 1.29 is 5.11 Å². The average molecular weight is 141 g/mol. The topological polar surface area (TPSA) is 46.2 Å². The van der Waals surface area contributed by atoms with E-state index in [9.17, 15) is 5.11 Å². The molecule has 2 heteroatoms. The summed E-state index contributed by atoms with van der Waals surface area (Å²) in [7, 11) is 0. The summed E-state index contributed by atoms with van der Waals surface area (Å²) in [6.45, 7) is 1.98. The molecule has 2 aliphatic carbocycles. The highest BCUT2D eigenvalue weighted by Crippen LogP contribution is 2.60. The van der Waals surface area contributed by atoms with Crippen LogP contribution >= 0.6 is 0 Å². The second-order valence-electron chi connectivity index (χ2n) is 4.01. The van der Waals surface area contributed by atoms with Crippen molar-refractivity contribution in [2.24, 2.45) is 11.7 Å². The van der Waals surface area contributed by atoms with E-state index in [1.54, 1.807) is 0 Å². The van der Waals surface area contributed by atoms with Crippen LogP contribution in [0.4, 0.5) is 0 Å². The quantitative estimate of drug-likeness (QED) is 0.520. The van der Waals surface area contributed by atoms with Crippen LogP contribution in [0, 0.1) is 5.92 Å². The molecule has 0 radical (unpaired) electrons. The molecular weight excluding hydrogens is 126 g/mol. The first-order chi connectivity index (χ1) is 4.59. The molecule has 0 aromatic rings. The third-order valence-electron chi connectivity index (χ3n) is 3.45. The Bertz CT molecular complexity index is 167. The highest BCUT2D eigenvalue weighted by molar-refractivity contribution is 5.27. The zero-order valence-corrected chi connectivity index (χ0v) is 6.43. The van der Waals surface area contributed by atoms with Crippen molar-refractivity contribution in [2.45, 2.75) is 43.7 Å². The Balaban J connectivity index is 2.20. The minimum absolute atomic E-state index is 0.260. The fraction of sp³-hybridized carbons (Fsp3) is 1.00. The Morgan fingerprint density at radius 1 is 1.50 bits per heavy atom. The highest BCUT2D eigenvalue weighted by atomic mass is 16.3. The molecule has 2 aliphatic rings. The molecule has 0 bridgehead atoms. The van der Waals surface area contributed by atoms with Gasteiger partial charge in [-0.1, -0.05) is 12.8 Å². The molecule has 2 saturated carbocycles. The predicted molar refractivity (Wildman–Crippen MR) is 39.5 cm³/mol. The number of rotatable bonds is 0. The van der Waals surface area contributed by atoms with Gasteiger partial charge in [0.25, 0.3) is 0 Å². The Morgan fingerprint density at radius 3 is 2.60 bits per heavy atom. The van der Waals surface area contributed by atoms with Crippen LogP contribution in [0.1, 0.15) is 32.6 Å². The van der Waals surface area contributed by atoms with Gasteiger partial charge in [0.15, 0.2) is 0 Å². The summed E-state index contributed by atoms with van der Waals surface area (Å²) in [6, 6.07) is 0. The van der Waals surface area contributed by atoms with Gasteiger partial charge in [0, 0.05) is 11.5 Å². The van der Waals surface area contributed by atoms with Crippen molar-refractivity contribution in [3.8, 4) is 0 Å². The maximum absolute atomic E-state index is 9.85. The summed E-state index contributed by atoms with van der Waals surface area (Å²) in [5.74, 6) is 0.397. The molecule has 58 valence electrons. The van der Waals surface area contributed by atoms with Crippen LogP contribution in [0.2, 0.25) is 0 Å². The largest absolute Gasteiger partial charge is 0.388 e. The molecular formula is C8H15NO. The smallest absolute Gasteiger partial charge is 0.0873 e. The van der Waals surface area contributed by atoms with Gasteiger partial charge in [-0.25, -0.2) is 0 Å². The molecule has 0 saturated heterocycles. The van der Waals surface area contributed by atoms with Crippen LogP contribution in [-0.4, -0.2) is 16.2 Å². The average Bonchev–Trinajstić information content (AvgIpc) is 2.30. The van der Waals surface area contributed by atoms with Crippen LogP contribution < -0.4 is 5.73 Å². The Hall–Kier alpha value is -0.0800. The van der Waals surface area contributed by atoms with Gasteiger partial charge in [0.1, 0.15) is 0 Å². The standard InChI is InChI=1S/C8H15NO/c1-7(9)6-4-2-3-5-8(6,7)10/h6,10H,2-5,9H2,1H3/t6-,7-,8-/m1/s1. The lowest BCUT2D eigenvalue weighted by Crippen LogP contribution is -2.31. The van der Waals surface area contributed by atoms with Gasteiger partial charge in [-0.15, -0.1) is 0 Å². The molecule has 0 amide bonds. The van der Waals surface area contributed by atoms with E-state index in [0.717, 1.165) is 19.3 Å². The first-order valence-electron chi connectivity index (χ1n) is 4.10. The van der Waals surface area contributed by atoms with Gasteiger partial charge in [-0.3, -0.25) is 0 Å². The number of hydrogen-bond acceptors (Lipinski definition) is 2. The van der Waals surface area contributed by atoms with E-state index < -0.39 is 5.60 Å². The molecule has 2 nitrogen and oxygen atoms in total. The second-order valence-corrected chi connectivity index (χ2v) is 4.01. The van der Waals surface area contributed by atoms with Gasteiger partial charge in [0.2, 0.25) is 0 Å². The molecule has 2 fully saturated rings.